The van der Waals surface area contributed by atoms with Gasteiger partial charge in [0.15, 0.2) is 0 Å². The van der Waals surface area contributed by atoms with Crippen molar-refractivity contribution in [2.24, 2.45) is 0 Å². The zero-order valence-corrected chi connectivity index (χ0v) is 13.8. The van der Waals surface area contributed by atoms with Gasteiger partial charge in [0.1, 0.15) is 17.5 Å². The highest BCUT2D eigenvalue weighted by Gasteiger charge is 2.11. The van der Waals surface area contributed by atoms with Crippen molar-refractivity contribution < 1.29 is 0 Å². The summed E-state index contributed by atoms with van der Waals surface area (Å²) in [5, 5.41) is 3.36. The number of hydrogen-bond acceptors (Lipinski definition) is 5. The molecule has 0 radical (unpaired) electrons. The van der Waals surface area contributed by atoms with Crippen LogP contribution in [0.2, 0.25) is 0 Å². The van der Waals surface area contributed by atoms with Crippen LogP contribution in [0.25, 0.3) is 0 Å². The van der Waals surface area contributed by atoms with Gasteiger partial charge in [0, 0.05) is 38.7 Å². The van der Waals surface area contributed by atoms with E-state index in [2.05, 4.69) is 67.0 Å². The van der Waals surface area contributed by atoms with E-state index in [1.54, 1.807) is 0 Å². The number of nitrogens with one attached hydrogen (secondary N) is 1. The molecule has 0 bridgehead atoms. The SMILES string of the molecule is CCCNc1cc(N(C)CCN(C)C)nc(C(C)C)n1. The standard InChI is InChI=1S/C15H29N5/c1-7-8-16-13-11-14(18-15(17-13)12(2)3)20(6)10-9-19(4)5/h11-12H,7-10H2,1-6H3,(H,16,17,18). The summed E-state index contributed by atoms with van der Waals surface area (Å²) in [4.78, 5) is 13.6. The molecule has 0 aliphatic carbocycles. The van der Waals surface area contributed by atoms with Gasteiger partial charge in [0.05, 0.1) is 0 Å². The minimum absolute atomic E-state index is 0.333. The molecule has 0 saturated heterocycles. The van der Waals surface area contributed by atoms with Crippen LogP contribution in [0.3, 0.4) is 0 Å². The Morgan fingerprint density at radius 1 is 1.15 bits per heavy atom. The number of anilines is 2. The zero-order valence-electron chi connectivity index (χ0n) is 13.8. The lowest BCUT2D eigenvalue weighted by molar-refractivity contribution is 0.416. The van der Waals surface area contributed by atoms with Gasteiger partial charge in [0.2, 0.25) is 0 Å². The van der Waals surface area contributed by atoms with Crippen molar-refractivity contribution in [2.75, 3.05) is 51.0 Å². The monoisotopic (exact) mass is 279 g/mol. The van der Waals surface area contributed by atoms with E-state index in [4.69, 9.17) is 0 Å². The predicted molar refractivity (Wildman–Crippen MR) is 86.7 cm³/mol. The molecule has 0 amide bonds. The van der Waals surface area contributed by atoms with Crippen molar-refractivity contribution >= 4 is 11.6 Å². The van der Waals surface area contributed by atoms with Crippen LogP contribution >= 0.6 is 0 Å². The third kappa shape index (κ3) is 5.33. The smallest absolute Gasteiger partial charge is 0.135 e. The highest BCUT2D eigenvalue weighted by molar-refractivity contribution is 5.49. The first-order chi connectivity index (χ1) is 9.43. The second-order valence-electron chi connectivity index (χ2n) is 5.78. The summed E-state index contributed by atoms with van der Waals surface area (Å²) in [6.45, 7) is 9.31. The lowest BCUT2D eigenvalue weighted by Gasteiger charge is -2.22. The Bertz CT molecular complexity index is 403. The second kappa shape index (κ2) is 8.04. The van der Waals surface area contributed by atoms with Crippen molar-refractivity contribution in [3.63, 3.8) is 0 Å². The van der Waals surface area contributed by atoms with Crippen molar-refractivity contribution in [2.45, 2.75) is 33.1 Å². The molecule has 1 heterocycles. The molecule has 5 nitrogen and oxygen atoms in total. The van der Waals surface area contributed by atoms with E-state index in [0.29, 0.717) is 5.92 Å². The minimum Gasteiger partial charge on any atom is -0.370 e. The molecule has 1 N–H and O–H groups in total. The van der Waals surface area contributed by atoms with Crippen LogP contribution in [0.4, 0.5) is 11.6 Å². The fourth-order valence-corrected chi connectivity index (χ4v) is 1.71. The normalized spacial score (nSPS) is 11.2. The van der Waals surface area contributed by atoms with Gasteiger partial charge >= 0.3 is 0 Å². The van der Waals surface area contributed by atoms with Crippen molar-refractivity contribution in [3.8, 4) is 0 Å². The first kappa shape index (κ1) is 16.7. The Kier molecular flexibility index (Phi) is 6.71. The maximum absolute atomic E-state index is 4.68. The molecule has 0 aliphatic rings. The molecule has 114 valence electrons. The third-order valence-electron chi connectivity index (χ3n) is 3.08. The van der Waals surface area contributed by atoms with Crippen LogP contribution in [0.5, 0.6) is 0 Å². The minimum atomic E-state index is 0.333. The summed E-state index contributed by atoms with van der Waals surface area (Å²) >= 11 is 0. The summed E-state index contributed by atoms with van der Waals surface area (Å²) in [5.41, 5.74) is 0. The van der Waals surface area contributed by atoms with Gasteiger partial charge in [-0.1, -0.05) is 20.8 Å². The number of aromatic nitrogens is 2. The van der Waals surface area contributed by atoms with Crippen LogP contribution in [-0.2, 0) is 0 Å². The molecular weight excluding hydrogens is 250 g/mol. The van der Waals surface area contributed by atoms with E-state index in [0.717, 1.165) is 43.5 Å². The first-order valence-electron chi connectivity index (χ1n) is 7.42. The van der Waals surface area contributed by atoms with Crippen LogP contribution in [-0.4, -0.2) is 55.6 Å². The number of likely N-dealkylation sites (N-methyl/N-ethyl adjacent to an activating group) is 2. The first-order valence-corrected chi connectivity index (χ1v) is 7.42. The summed E-state index contributed by atoms with van der Waals surface area (Å²) in [6.07, 6.45) is 1.09. The Hall–Kier alpha value is -1.36. The predicted octanol–water partition coefficient (Wildman–Crippen LogP) is 2.42. The highest BCUT2D eigenvalue weighted by Crippen LogP contribution is 2.19. The van der Waals surface area contributed by atoms with E-state index in [1.807, 2.05) is 6.07 Å². The number of hydrogen-bond donors (Lipinski definition) is 1. The molecule has 0 aliphatic heterocycles. The van der Waals surface area contributed by atoms with Crippen LogP contribution < -0.4 is 10.2 Å². The molecule has 1 rings (SSSR count). The molecular formula is C15H29N5. The Morgan fingerprint density at radius 3 is 2.40 bits per heavy atom. The number of rotatable bonds is 8. The summed E-state index contributed by atoms with van der Waals surface area (Å²) in [5.74, 6) is 3.15. The van der Waals surface area contributed by atoms with E-state index < -0.39 is 0 Å². The van der Waals surface area contributed by atoms with E-state index in [9.17, 15) is 0 Å². The van der Waals surface area contributed by atoms with Gasteiger partial charge in [-0.3, -0.25) is 0 Å². The van der Waals surface area contributed by atoms with Crippen molar-refractivity contribution in [1.82, 2.24) is 14.9 Å². The van der Waals surface area contributed by atoms with E-state index >= 15 is 0 Å². The van der Waals surface area contributed by atoms with Crippen molar-refractivity contribution in [1.29, 1.82) is 0 Å². The van der Waals surface area contributed by atoms with Gasteiger partial charge in [-0.15, -0.1) is 0 Å². The second-order valence-corrected chi connectivity index (χ2v) is 5.78. The summed E-state index contributed by atoms with van der Waals surface area (Å²) in [6, 6.07) is 2.04. The molecule has 0 saturated carbocycles. The van der Waals surface area contributed by atoms with E-state index in [1.165, 1.54) is 0 Å². The van der Waals surface area contributed by atoms with E-state index in [-0.39, 0.29) is 0 Å². The molecule has 0 spiro atoms. The Balaban J connectivity index is 2.89. The van der Waals surface area contributed by atoms with Gasteiger partial charge in [-0.2, -0.15) is 0 Å². The average molecular weight is 279 g/mol. The fraction of sp³-hybridized carbons (Fsp3) is 0.733. The highest BCUT2D eigenvalue weighted by atomic mass is 15.2. The average Bonchev–Trinajstić information content (AvgIpc) is 2.41. The lowest BCUT2D eigenvalue weighted by atomic mass is 10.2. The fourth-order valence-electron chi connectivity index (χ4n) is 1.71. The third-order valence-corrected chi connectivity index (χ3v) is 3.08. The number of nitrogens with zero attached hydrogens (tertiary/aromatic N) is 4. The Morgan fingerprint density at radius 2 is 1.85 bits per heavy atom. The lowest BCUT2D eigenvalue weighted by Crippen LogP contribution is -2.29. The zero-order chi connectivity index (χ0) is 15.1. The van der Waals surface area contributed by atoms with Crippen LogP contribution in [0.1, 0.15) is 38.9 Å². The van der Waals surface area contributed by atoms with Gasteiger partial charge < -0.3 is 15.1 Å². The van der Waals surface area contributed by atoms with Gasteiger partial charge in [-0.25, -0.2) is 9.97 Å². The summed E-state index contributed by atoms with van der Waals surface area (Å²) < 4.78 is 0. The van der Waals surface area contributed by atoms with Gasteiger partial charge in [0.25, 0.3) is 0 Å². The summed E-state index contributed by atoms with van der Waals surface area (Å²) in [7, 11) is 6.25. The molecule has 1 aromatic rings. The molecule has 20 heavy (non-hydrogen) atoms. The van der Waals surface area contributed by atoms with Gasteiger partial charge in [-0.05, 0) is 20.5 Å². The largest absolute Gasteiger partial charge is 0.370 e. The van der Waals surface area contributed by atoms with Crippen LogP contribution in [0.15, 0.2) is 6.07 Å². The van der Waals surface area contributed by atoms with Crippen molar-refractivity contribution in [3.05, 3.63) is 11.9 Å². The molecule has 1 aromatic heterocycles. The molecule has 0 atom stereocenters. The maximum atomic E-state index is 4.68. The quantitative estimate of drug-likeness (QED) is 0.792. The molecule has 0 unspecified atom stereocenters. The Labute approximate surface area is 123 Å². The molecule has 0 aromatic carbocycles. The topological polar surface area (TPSA) is 44.3 Å². The molecule has 5 heteroatoms. The maximum Gasteiger partial charge on any atom is 0.135 e. The van der Waals surface area contributed by atoms with Crippen LogP contribution in [0, 0.1) is 0 Å². The molecule has 0 fully saturated rings.